The average molecular weight is 470 g/mol. The zero-order chi connectivity index (χ0) is 23.8. The lowest BCUT2D eigenvalue weighted by Crippen LogP contribution is -2.21. The number of amides is 1. The summed E-state index contributed by atoms with van der Waals surface area (Å²) in [5, 5.41) is 16.1. The van der Waals surface area contributed by atoms with Crippen LogP contribution in [0.3, 0.4) is 0 Å². The third-order valence-corrected chi connectivity index (χ3v) is 6.33. The molecule has 2 heterocycles. The van der Waals surface area contributed by atoms with E-state index in [9.17, 15) is 14.4 Å². The molecular formula is C25H19N5O3S. The summed E-state index contributed by atoms with van der Waals surface area (Å²) in [7, 11) is 0. The highest BCUT2D eigenvalue weighted by atomic mass is 32.2. The van der Waals surface area contributed by atoms with Gasteiger partial charge in [0.1, 0.15) is 5.03 Å². The van der Waals surface area contributed by atoms with E-state index in [0.29, 0.717) is 38.8 Å². The number of aryl methyl sites for hydroxylation is 2. The molecule has 34 heavy (non-hydrogen) atoms. The largest absolute Gasteiger partial charge is 0.325 e. The number of hydrogen-bond donors (Lipinski definition) is 1. The molecule has 1 aliphatic rings. The molecule has 2 aromatic carbocycles. The summed E-state index contributed by atoms with van der Waals surface area (Å²) >= 11 is 1.25. The number of carbonyl (C=O) groups is 3. The lowest BCUT2D eigenvalue weighted by molar-refractivity contribution is -0.113. The molecule has 0 fully saturated rings. The highest BCUT2D eigenvalue weighted by Gasteiger charge is 2.29. The average Bonchev–Trinajstić information content (AvgIpc) is 3.19. The predicted octanol–water partition coefficient (Wildman–Crippen LogP) is 3.79. The van der Waals surface area contributed by atoms with Crippen molar-refractivity contribution in [3.63, 3.8) is 0 Å². The molecule has 4 aromatic rings. The van der Waals surface area contributed by atoms with Crippen LogP contribution in [-0.4, -0.2) is 43.2 Å². The molecule has 0 radical (unpaired) electrons. The van der Waals surface area contributed by atoms with Crippen LogP contribution < -0.4 is 5.32 Å². The molecule has 0 unspecified atom stereocenters. The van der Waals surface area contributed by atoms with Gasteiger partial charge in [-0.2, -0.15) is 5.10 Å². The first-order valence-electron chi connectivity index (χ1n) is 10.5. The predicted molar refractivity (Wildman–Crippen MR) is 128 cm³/mol. The number of nitrogens with zero attached hydrogens (tertiary/aromatic N) is 4. The van der Waals surface area contributed by atoms with Crippen LogP contribution in [-0.2, 0) is 4.79 Å². The normalized spacial score (nSPS) is 12.3. The van der Waals surface area contributed by atoms with Crippen LogP contribution in [0, 0.1) is 13.8 Å². The zero-order valence-corrected chi connectivity index (χ0v) is 19.2. The monoisotopic (exact) mass is 469 g/mol. The molecular weight excluding hydrogens is 450 g/mol. The summed E-state index contributed by atoms with van der Waals surface area (Å²) < 4.78 is 1.71. The fraction of sp³-hybridized carbons (Fsp3) is 0.120. The number of fused-ring (bicyclic) bond motifs is 2. The minimum Gasteiger partial charge on any atom is -0.325 e. The standard InChI is InChI=1S/C25H19N5O3S/c1-14-11-15(2)30(29-14)21-9-10-23(28-27-21)34-13-22(31)26-16-7-8-19-20(12-16)25(33)18-6-4-3-5-17(18)24(19)32/h3-12H,13H2,1-2H3,(H,26,31). The molecule has 0 aliphatic heterocycles. The summed E-state index contributed by atoms with van der Waals surface area (Å²) in [6.07, 6.45) is 0. The minimum atomic E-state index is -0.260. The number of rotatable bonds is 5. The maximum absolute atomic E-state index is 12.9. The summed E-state index contributed by atoms with van der Waals surface area (Å²) in [6.45, 7) is 3.85. The van der Waals surface area contributed by atoms with Gasteiger partial charge in [-0.3, -0.25) is 14.4 Å². The third kappa shape index (κ3) is 4.01. The van der Waals surface area contributed by atoms with Crippen molar-refractivity contribution in [3.05, 3.63) is 94.3 Å². The van der Waals surface area contributed by atoms with Crippen LogP contribution in [0.25, 0.3) is 5.82 Å². The number of thioether (sulfide) groups is 1. The van der Waals surface area contributed by atoms with Crippen molar-refractivity contribution in [2.24, 2.45) is 0 Å². The van der Waals surface area contributed by atoms with E-state index in [2.05, 4.69) is 20.6 Å². The molecule has 0 atom stereocenters. The first-order chi connectivity index (χ1) is 16.4. The Morgan fingerprint density at radius 1 is 0.882 bits per heavy atom. The highest BCUT2D eigenvalue weighted by molar-refractivity contribution is 7.99. The van der Waals surface area contributed by atoms with Gasteiger partial charge in [0.05, 0.1) is 11.4 Å². The van der Waals surface area contributed by atoms with Crippen molar-refractivity contribution in [2.45, 2.75) is 18.9 Å². The fourth-order valence-electron chi connectivity index (χ4n) is 3.88. The Hall–Kier alpha value is -4.11. The molecule has 168 valence electrons. The van der Waals surface area contributed by atoms with Gasteiger partial charge in [0.15, 0.2) is 17.4 Å². The second-order valence-corrected chi connectivity index (χ2v) is 8.87. The lowest BCUT2D eigenvalue weighted by atomic mass is 9.84. The van der Waals surface area contributed by atoms with Gasteiger partial charge in [0.2, 0.25) is 5.91 Å². The summed E-state index contributed by atoms with van der Waals surface area (Å²) in [5.41, 5.74) is 3.72. The number of carbonyl (C=O) groups excluding carboxylic acids is 3. The van der Waals surface area contributed by atoms with Crippen molar-refractivity contribution in [1.82, 2.24) is 20.0 Å². The van der Waals surface area contributed by atoms with Gasteiger partial charge in [-0.1, -0.05) is 36.0 Å². The number of ketones is 2. The number of nitrogens with one attached hydrogen (secondary N) is 1. The van der Waals surface area contributed by atoms with E-state index in [4.69, 9.17) is 0 Å². The van der Waals surface area contributed by atoms with Crippen molar-refractivity contribution in [1.29, 1.82) is 0 Å². The summed E-state index contributed by atoms with van der Waals surface area (Å²) in [6, 6.07) is 17.1. The molecule has 0 saturated carbocycles. The Balaban J connectivity index is 1.25. The van der Waals surface area contributed by atoms with Crippen molar-refractivity contribution >= 4 is 34.9 Å². The summed E-state index contributed by atoms with van der Waals surface area (Å²) in [5.74, 6) is 0.0363. The number of hydrogen-bond acceptors (Lipinski definition) is 7. The van der Waals surface area contributed by atoms with Crippen molar-refractivity contribution in [2.75, 3.05) is 11.1 Å². The molecule has 1 amide bonds. The van der Waals surface area contributed by atoms with E-state index in [0.717, 1.165) is 11.4 Å². The Kier molecular flexibility index (Phi) is 5.54. The lowest BCUT2D eigenvalue weighted by Gasteiger charge is -2.18. The Morgan fingerprint density at radius 2 is 1.59 bits per heavy atom. The van der Waals surface area contributed by atoms with Gasteiger partial charge in [0, 0.05) is 33.6 Å². The molecule has 8 nitrogen and oxygen atoms in total. The van der Waals surface area contributed by atoms with Crippen LogP contribution in [0.15, 0.2) is 65.7 Å². The van der Waals surface area contributed by atoms with Gasteiger partial charge in [-0.25, -0.2) is 4.68 Å². The Labute approximate surface area is 199 Å². The maximum Gasteiger partial charge on any atom is 0.234 e. The first-order valence-corrected chi connectivity index (χ1v) is 11.5. The minimum absolute atomic E-state index is 0.112. The van der Waals surface area contributed by atoms with Gasteiger partial charge in [0.25, 0.3) is 0 Å². The van der Waals surface area contributed by atoms with E-state index in [1.807, 2.05) is 19.9 Å². The molecule has 9 heteroatoms. The van der Waals surface area contributed by atoms with Gasteiger partial charge >= 0.3 is 0 Å². The molecule has 0 saturated heterocycles. The highest BCUT2D eigenvalue weighted by Crippen LogP contribution is 2.29. The quantitative estimate of drug-likeness (QED) is 0.390. The maximum atomic E-state index is 12.9. The number of benzene rings is 2. The second-order valence-electron chi connectivity index (χ2n) is 7.87. The van der Waals surface area contributed by atoms with Crippen LogP contribution >= 0.6 is 11.8 Å². The SMILES string of the molecule is Cc1cc(C)n(-c2ccc(SCC(=O)Nc3ccc4c(c3)C(=O)c3ccccc3C4=O)nn2)n1. The first kappa shape index (κ1) is 21.7. The number of aromatic nitrogens is 4. The number of anilines is 1. The van der Waals surface area contributed by atoms with Gasteiger partial charge < -0.3 is 5.32 Å². The molecule has 1 N–H and O–H groups in total. The second kappa shape index (κ2) is 8.68. The van der Waals surface area contributed by atoms with Gasteiger partial charge in [-0.15, -0.1) is 10.2 Å². The topological polar surface area (TPSA) is 107 Å². The van der Waals surface area contributed by atoms with E-state index >= 15 is 0 Å². The zero-order valence-electron chi connectivity index (χ0n) is 18.4. The van der Waals surface area contributed by atoms with Crippen molar-refractivity contribution in [3.8, 4) is 5.82 Å². The molecule has 5 rings (SSSR count). The van der Waals surface area contributed by atoms with Crippen LogP contribution in [0.1, 0.15) is 43.2 Å². The molecule has 2 aromatic heterocycles. The molecule has 0 spiro atoms. The van der Waals surface area contributed by atoms with E-state index in [1.54, 1.807) is 59.3 Å². The third-order valence-electron chi connectivity index (χ3n) is 5.41. The molecule has 1 aliphatic carbocycles. The van der Waals surface area contributed by atoms with Crippen LogP contribution in [0.5, 0.6) is 0 Å². The fourth-order valence-corrected chi connectivity index (χ4v) is 4.49. The van der Waals surface area contributed by atoms with Gasteiger partial charge in [-0.05, 0) is 50.2 Å². The van der Waals surface area contributed by atoms with E-state index in [1.165, 1.54) is 11.8 Å². The summed E-state index contributed by atoms with van der Waals surface area (Å²) in [4.78, 5) is 38.1. The van der Waals surface area contributed by atoms with Crippen LogP contribution in [0.2, 0.25) is 0 Å². The molecule has 0 bridgehead atoms. The Morgan fingerprint density at radius 3 is 2.24 bits per heavy atom. The smallest absolute Gasteiger partial charge is 0.234 e. The van der Waals surface area contributed by atoms with E-state index in [-0.39, 0.29) is 23.2 Å². The van der Waals surface area contributed by atoms with E-state index < -0.39 is 0 Å². The van der Waals surface area contributed by atoms with Crippen LogP contribution in [0.4, 0.5) is 5.69 Å². The van der Waals surface area contributed by atoms with Crippen molar-refractivity contribution < 1.29 is 14.4 Å². The Bertz CT molecular complexity index is 1460.